The monoisotopic (exact) mass is 224 g/mol. The van der Waals surface area contributed by atoms with Crippen molar-refractivity contribution in [2.45, 2.75) is 6.92 Å². The van der Waals surface area contributed by atoms with Gasteiger partial charge in [-0.05, 0) is 30.7 Å². The lowest BCUT2D eigenvalue weighted by Gasteiger charge is -2.05. The summed E-state index contributed by atoms with van der Waals surface area (Å²) in [6.45, 7) is 1.99. The highest BCUT2D eigenvalue weighted by molar-refractivity contribution is 5.95. The maximum absolute atomic E-state index is 5.71. The molecule has 4 heteroatoms. The molecule has 0 spiro atoms. The molecule has 17 heavy (non-hydrogen) atoms. The molecule has 0 saturated heterocycles. The highest BCUT2D eigenvalue weighted by Crippen LogP contribution is 2.28. The Labute approximate surface area is 98.5 Å². The molecule has 0 radical (unpaired) electrons. The van der Waals surface area contributed by atoms with Crippen molar-refractivity contribution < 1.29 is 0 Å². The number of rotatable bonds is 1. The Morgan fingerprint density at radius 1 is 1.24 bits per heavy atom. The zero-order chi connectivity index (χ0) is 11.8. The fraction of sp³-hybridized carbons (Fsp3) is 0.0769. The van der Waals surface area contributed by atoms with Crippen molar-refractivity contribution in [3.05, 3.63) is 42.5 Å². The number of aromatic amines is 1. The molecule has 0 unspecified atom stereocenters. The number of nitrogens with zero attached hydrogens (tertiary/aromatic N) is 2. The van der Waals surface area contributed by atoms with E-state index >= 15 is 0 Å². The van der Waals surface area contributed by atoms with E-state index < -0.39 is 0 Å². The van der Waals surface area contributed by atoms with Crippen molar-refractivity contribution in [3.8, 4) is 11.1 Å². The smallest absolute Gasteiger partial charge is 0.123 e. The van der Waals surface area contributed by atoms with Crippen molar-refractivity contribution in [2.24, 2.45) is 0 Å². The van der Waals surface area contributed by atoms with Gasteiger partial charge < -0.3 is 10.7 Å². The normalized spacial score (nSPS) is 10.9. The number of nitrogens with one attached hydrogen (secondary N) is 1. The van der Waals surface area contributed by atoms with Crippen LogP contribution in [0.2, 0.25) is 0 Å². The van der Waals surface area contributed by atoms with Gasteiger partial charge in [-0.15, -0.1) is 0 Å². The van der Waals surface area contributed by atoms with Crippen LogP contribution in [0.25, 0.3) is 22.0 Å². The lowest BCUT2D eigenvalue weighted by molar-refractivity contribution is 1.22. The van der Waals surface area contributed by atoms with E-state index in [9.17, 15) is 0 Å². The van der Waals surface area contributed by atoms with E-state index in [-0.39, 0.29) is 0 Å². The SMILES string of the molecule is Cc1ncc(-c2ccnc(N)c2)c2cc[nH]c12. The first kappa shape index (κ1) is 9.84. The molecular weight excluding hydrogens is 212 g/mol. The Morgan fingerprint density at radius 2 is 2.12 bits per heavy atom. The van der Waals surface area contributed by atoms with Crippen LogP contribution in [-0.2, 0) is 0 Å². The molecule has 0 aliphatic rings. The molecule has 3 heterocycles. The van der Waals surface area contributed by atoms with Gasteiger partial charge >= 0.3 is 0 Å². The van der Waals surface area contributed by atoms with Crippen LogP contribution in [0.15, 0.2) is 36.8 Å². The van der Waals surface area contributed by atoms with Crippen molar-refractivity contribution in [1.82, 2.24) is 15.0 Å². The van der Waals surface area contributed by atoms with Crippen LogP contribution in [-0.4, -0.2) is 15.0 Å². The molecule has 84 valence electrons. The highest BCUT2D eigenvalue weighted by Gasteiger charge is 2.07. The first-order valence-corrected chi connectivity index (χ1v) is 5.40. The van der Waals surface area contributed by atoms with Gasteiger partial charge in [0.1, 0.15) is 5.82 Å². The average Bonchev–Trinajstić information content (AvgIpc) is 2.79. The number of H-pyrrole nitrogens is 1. The first-order chi connectivity index (χ1) is 8.25. The fourth-order valence-corrected chi connectivity index (χ4v) is 2.03. The Hall–Kier alpha value is -2.36. The largest absolute Gasteiger partial charge is 0.384 e. The van der Waals surface area contributed by atoms with Gasteiger partial charge in [0, 0.05) is 29.5 Å². The predicted octanol–water partition coefficient (Wildman–Crippen LogP) is 2.52. The average molecular weight is 224 g/mol. The zero-order valence-electron chi connectivity index (χ0n) is 9.44. The number of hydrogen-bond acceptors (Lipinski definition) is 3. The van der Waals surface area contributed by atoms with Crippen LogP contribution in [0.3, 0.4) is 0 Å². The second-order valence-electron chi connectivity index (χ2n) is 3.99. The fourth-order valence-electron chi connectivity index (χ4n) is 2.03. The predicted molar refractivity (Wildman–Crippen MR) is 68.5 cm³/mol. The minimum atomic E-state index is 0.520. The van der Waals surface area contributed by atoms with Crippen LogP contribution >= 0.6 is 0 Å². The van der Waals surface area contributed by atoms with Crippen LogP contribution in [0.1, 0.15) is 5.69 Å². The van der Waals surface area contributed by atoms with Gasteiger partial charge in [-0.2, -0.15) is 0 Å². The van der Waals surface area contributed by atoms with Crippen LogP contribution in [0.4, 0.5) is 5.82 Å². The zero-order valence-corrected chi connectivity index (χ0v) is 9.44. The summed E-state index contributed by atoms with van der Waals surface area (Å²) in [6.07, 6.45) is 5.51. The van der Waals surface area contributed by atoms with Crippen LogP contribution in [0.5, 0.6) is 0 Å². The third-order valence-corrected chi connectivity index (χ3v) is 2.88. The molecule has 0 aliphatic heterocycles. The lowest BCUT2D eigenvalue weighted by atomic mass is 10.0. The first-order valence-electron chi connectivity index (χ1n) is 5.40. The van der Waals surface area contributed by atoms with E-state index in [1.54, 1.807) is 6.20 Å². The summed E-state index contributed by atoms with van der Waals surface area (Å²) in [5.74, 6) is 0.520. The van der Waals surface area contributed by atoms with E-state index in [1.807, 2.05) is 31.5 Å². The van der Waals surface area contributed by atoms with E-state index in [0.29, 0.717) is 5.82 Å². The summed E-state index contributed by atoms with van der Waals surface area (Å²) in [5, 5.41) is 1.16. The van der Waals surface area contributed by atoms with Gasteiger partial charge in [0.05, 0.1) is 11.2 Å². The number of aryl methyl sites for hydroxylation is 1. The highest BCUT2D eigenvalue weighted by atomic mass is 14.8. The molecular formula is C13H12N4. The van der Waals surface area contributed by atoms with E-state index in [0.717, 1.165) is 27.7 Å². The van der Waals surface area contributed by atoms with Gasteiger partial charge in [0.25, 0.3) is 0 Å². The summed E-state index contributed by atoms with van der Waals surface area (Å²) >= 11 is 0. The number of hydrogen-bond donors (Lipinski definition) is 2. The van der Waals surface area contributed by atoms with Gasteiger partial charge in [0.2, 0.25) is 0 Å². The lowest BCUT2D eigenvalue weighted by Crippen LogP contribution is -1.91. The van der Waals surface area contributed by atoms with E-state index in [4.69, 9.17) is 5.73 Å². The van der Waals surface area contributed by atoms with Crippen molar-refractivity contribution >= 4 is 16.7 Å². The second kappa shape index (κ2) is 3.59. The Bertz CT molecular complexity index is 685. The van der Waals surface area contributed by atoms with Crippen molar-refractivity contribution in [1.29, 1.82) is 0 Å². The van der Waals surface area contributed by atoms with E-state index in [1.165, 1.54) is 0 Å². The third-order valence-electron chi connectivity index (χ3n) is 2.88. The van der Waals surface area contributed by atoms with Crippen molar-refractivity contribution in [3.63, 3.8) is 0 Å². The maximum Gasteiger partial charge on any atom is 0.123 e. The molecule has 3 rings (SSSR count). The summed E-state index contributed by atoms with van der Waals surface area (Å²) in [4.78, 5) is 11.6. The molecule has 3 aromatic rings. The molecule has 0 bridgehead atoms. The molecule has 0 aromatic carbocycles. The number of pyridine rings is 2. The number of nitrogens with two attached hydrogens (primary N) is 1. The maximum atomic E-state index is 5.71. The van der Waals surface area contributed by atoms with Crippen LogP contribution < -0.4 is 5.73 Å². The number of fused-ring (bicyclic) bond motifs is 1. The van der Waals surface area contributed by atoms with Gasteiger partial charge in [-0.3, -0.25) is 4.98 Å². The minimum absolute atomic E-state index is 0.520. The topological polar surface area (TPSA) is 67.6 Å². The van der Waals surface area contributed by atoms with E-state index in [2.05, 4.69) is 21.0 Å². The minimum Gasteiger partial charge on any atom is -0.384 e. The molecule has 4 nitrogen and oxygen atoms in total. The molecule has 3 aromatic heterocycles. The molecule has 0 fully saturated rings. The molecule has 0 atom stereocenters. The Kier molecular flexibility index (Phi) is 2.08. The molecule has 3 N–H and O–H groups in total. The quantitative estimate of drug-likeness (QED) is 0.667. The summed E-state index contributed by atoms with van der Waals surface area (Å²) in [5.41, 5.74) is 9.88. The standard InChI is InChI=1S/C13H12N4/c1-8-13-10(3-5-16-13)11(7-17-8)9-2-4-15-12(14)6-9/h2-7,16H,1H3,(H2,14,15). The number of aromatic nitrogens is 3. The summed E-state index contributed by atoms with van der Waals surface area (Å²) < 4.78 is 0. The van der Waals surface area contributed by atoms with Gasteiger partial charge in [-0.1, -0.05) is 0 Å². The molecule has 0 saturated carbocycles. The Balaban J connectivity index is 2.31. The second-order valence-corrected chi connectivity index (χ2v) is 3.99. The Morgan fingerprint density at radius 3 is 2.94 bits per heavy atom. The molecule has 0 amide bonds. The number of nitrogen functional groups attached to an aromatic ring is 1. The van der Waals surface area contributed by atoms with Gasteiger partial charge in [-0.25, -0.2) is 4.98 Å². The van der Waals surface area contributed by atoms with Crippen LogP contribution in [0, 0.1) is 6.92 Å². The third kappa shape index (κ3) is 1.54. The van der Waals surface area contributed by atoms with Gasteiger partial charge in [0.15, 0.2) is 0 Å². The summed E-state index contributed by atoms with van der Waals surface area (Å²) in [7, 11) is 0. The summed E-state index contributed by atoms with van der Waals surface area (Å²) in [6, 6.07) is 5.85. The van der Waals surface area contributed by atoms with Crippen molar-refractivity contribution in [2.75, 3.05) is 5.73 Å². The number of anilines is 1. The molecule has 0 aliphatic carbocycles.